The van der Waals surface area contributed by atoms with Crippen molar-refractivity contribution in [3.05, 3.63) is 42.0 Å². The van der Waals surface area contributed by atoms with Crippen molar-refractivity contribution in [1.82, 2.24) is 0 Å². The molecule has 1 aromatic rings. The Bertz CT molecular complexity index is 644. The lowest BCUT2D eigenvalue weighted by molar-refractivity contribution is -0.130. The summed E-state index contributed by atoms with van der Waals surface area (Å²) in [5, 5.41) is 0. The Labute approximate surface area is 121 Å². The molecule has 1 rings (SSSR count). The molecule has 0 fully saturated rings. The van der Waals surface area contributed by atoms with Crippen LogP contribution >= 0.6 is 0 Å². The van der Waals surface area contributed by atoms with E-state index in [-0.39, 0.29) is 16.9 Å². The molecule has 7 nitrogen and oxygen atoms in total. The van der Waals surface area contributed by atoms with Crippen molar-refractivity contribution in [2.75, 3.05) is 12.4 Å². The molecule has 0 radical (unpaired) electrons. The number of esters is 2. The van der Waals surface area contributed by atoms with Gasteiger partial charge in [-0.25, -0.2) is 9.59 Å². The number of hydrogen-bond donors (Lipinski definition) is 1. The second-order valence-corrected chi connectivity index (χ2v) is 5.69. The monoisotopic (exact) mass is 314 g/mol. The fourth-order valence-corrected chi connectivity index (χ4v) is 1.47. The smallest absolute Gasteiger partial charge is 0.338 e. The molecule has 0 aromatic heterocycles. The molecule has 0 atom stereocenters. The summed E-state index contributed by atoms with van der Waals surface area (Å²) in [6.45, 7) is 4.48. The maximum absolute atomic E-state index is 11.6. The first-order chi connectivity index (χ1) is 9.69. The molecular formula is C13H14O7S. The lowest BCUT2D eigenvalue weighted by Crippen LogP contribution is -2.14. The Hall–Kier alpha value is -2.19. The average molecular weight is 314 g/mol. The van der Waals surface area contributed by atoms with E-state index in [9.17, 15) is 18.0 Å². The molecule has 0 amide bonds. The number of ether oxygens (including phenoxy) is 2. The van der Waals surface area contributed by atoms with Gasteiger partial charge in [-0.2, -0.15) is 8.42 Å². The van der Waals surface area contributed by atoms with Gasteiger partial charge in [0.25, 0.3) is 10.1 Å². The predicted molar refractivity (Wildman–Crippen MR) is 73.6 cm³/mol. The highest BCUT2D eigenvalue weighted by Crippen LogP contribution is 2.14. The molecule has 0 heterocycles. The first-order valence-corrected chi connectivity index (χ1v) is 7.40. The van der Waals surface area contributed by atoms with Gasteiger partial charge in [-0.15, -0.1) is 0 Å². The fourth-order valence-electron chi connectivity index (χ4n) is 1.18. The SMILES string of the molecule is C=C(C)C(=O)Oc1ccc(C(=O)OCCS(=O)(=O)O)cc1. The van der Waals surface area contributed by atoms with Crippen LogP contribution in [-0.4, -0.2) is 37.3 Å². The van der Waals surface area contributed by atoms with Gasteiger partial charge in [0.2, 0.25) is 0 Å². The molecule has 0 spiro atoms. The molecule has 0 aliphatic carbocycles. The van der Waals surface area contributed by atoms with Gasteiger partial charge < -0.3 is 9.47 Å². The van der Waals surface area contributed by atoms with Gasteiger partial charge in [-0.3, -0.25) is 4.55 Å². The zero-order chi connectivity index (χ0) is 16.0. The molecule has 1 N–H and O–H groups in total. The largest absolute Gasteiger partial charge is 0.461 e. The Balaban J connectivity index is 2.59. The third-order valence-electron chi connectivity index (χ3n) is 2.22. The molecule has 1 aromatic carbocycles. The number of hydrogen-bond acceptors (Lipinski definition) is 6. The highest BCUT2D eigenvalue weighted by atomic mass is 32.2. The lowest BCUT2D eigenvalue weighted by atomic mass is 10.2. The van der Waals surface area contributed by atoms with E-state index >= 15 is 0 Å². The maximum Gasteiger partial charge on any atom is 0.338 e. The third kappa shape index (κ3) is 6.19. The summed E-state index contributed by atoms with van der Waals surface area (Å²) in [5.41, 5.74) is 0.393. The van der Waals surface area contributed by atoms with Gasteiger partial charge in [0.05, 0.1) is 5.56 Å². The summed E-state index contributed by atoms with van der Waals surface area (Å²) in [7, 11) is -4.17. The first-order valence-electron chi connectivity index (χ1n) is 5.79. The Morgan fingerprint density at radius 3 is 2.29 bits per heavy atom. The van der Waals surface area contributed by atoms with Crippen molar-refractivity contribution in [3.8, 4) is 5.75 Å². The summed E-state index contributed by atoms with van der Waals surface area (Å²) in [6, 6.07) is 5.49. The van der Waals surface area contributed by atoms with Gasteiger partial charge in [0.1, 0.15) is 18.1 Å². The lowest BCUT2D eigenvalue weighted by Gasteiger charge is -2.06. The highest BCUT2D eigenvalue weighted by molar-refractivity contribution is 7.85. The van der Waals surface area contributed by atoms with E-state index in [2.05, 4.69) is 11.3 Å². The number of rotatable bonds is 6. The van der Waals surface area contributed by atoms with Crippen molar-refractivity contribution < 1.29 is 32.0 Å². The number of carbonyl (C=O) groups excluding carboxylic acids is 2. The standard InChI is InChI=1S/C13H14O7S/c1-9(2)12(14)20-11-5-3-10(4-6-11)13(15)19-7-8-21(16,17)18/h3-6H,1,7-8H2,2H3,(H,16,17,18). The predicted octanol–water partition coefficient (Wildman–Crippen LogP) is 1.21. The normalized spacial score (nSPS) is 10.8. The topological polar surface area (TPSA) is 107 Å². The van der Waals surface area contributed by atoms with Gasteiger partial charge in [0.15, 0.2) is 0 Å². The van der Waals surface area contributed by atoms with Gasteiger partial charge >= 0.3 is 11.9 Å². The maximum atomic E-state index is 11.6. The van der Waals surface area contributed by atoms with Gasteiger partial charge in [-0.05, 0) is 31.2 Å². The Kier molecular flexibility index (Phi) is 5.62. The fraction of sp³-hybridized carbons (Fsp3) is 0.231. The van der Waals surface area contributed by atoms with Crippen LogP contribution in [0.25, 0.3) is 0 Å². The van der Waals surface area contributed by atoms with Crippen LogP contribution in [0.2, 0.25) is 0 Å². The van der Waals surface area contributed by atoms with Gasteiger partial charge in [-0.1, -0.05) is 6.58 Å². The average Bonchev–Trinajstić information content (AvgIpc) is 2.37. The zero-order valence-electron chi connectivity index (χ0n) is 11.2. The second kappa shape index (κ2) is 7.00. The van der Waals surface area contributed by atoms with Gasteiger partial charge in [0, 0.05) is 5.57 Å². The Morgan fingerprint density at radius 2 is 1.81 bits per heavy atom. The van der Waals surface area contributed by atoms with E-state index in [1.54, 1.807) is 0 Å². The first kappa shape index (κ1) is 16.9. The van der Waals surface area contributed by atoms with E-state index in [0.717, 1.165) is 0 Å². The van der Waals surface area contributed by atoms with Crippen molar-refractivity contribution in [2.24, 2.45) is 0 Å². The molecule has 0 aliphatic rings. The molecule has 0 bridgehead atoms. The van der Waals surface area contributed by atoms with Crippen LogP contribution in [0.5, 0.6) is 5.75 Å². The summed E-state index contributed by atoms with van der Waals surface area (Å²) in [5.74, 6) is -1.78. The molecule has 0 unspecified atom stereocenters. The molecular weight excluding hydrogens is 300 g/mol. The van der Waals surface area contributed by atoms with Crippen molar-refractivity contribution in [1.29, 1.82) is 0 Å². The molecule has 8 heteroatoms. The van der Waals surface area contributed by atoms with Crippen molar-refractivity contribution in [2.45, 2.75) is 6.92 Å². The van der Waals surface area contributed by atoms with Crippen LogP contribution in [-0.2, 0) is 19.6 Å². The third-order valence-corrected chi connectivity index (χ3v) is 2.91. The van der Waals surface area contributed by atoms with E-state index < -0.39 is 34.4 Å². The zero-order valence-corrected chi connectivity index (χ0v) is 12.1. The van der Waals surface area contributed by atoms with Crippen LogP contribution in [0, 0.1) is 0 Å². The molecule has 0 saturated carbocycles. The van der Waals surface area contributed by atoms with Crippen LogP contribution in [0.3, 0.4) is 0 Å². The minimum atomic E-state index is -4.17. The number of carbonyl (C=O) groups is 2. The molecule has 114 valence electrons. The van der Waals surface area contributed by atoms with Crippen LogP contribution < -0.4 is 4.74 Å². The summed E-state index contributed by atoms with van der Waals surface area (Å²) in [6.07, 6.45) is 0. The second-order valence-electron chi connectivity index (χ2n) is 4.12. The molecule has 0 aliphatic heterocycles. The highest BCUT2D eigenvalue weighted by Gasteiger charge is 2.11. The van der Waals surface area contributed by atoms with E-state index in [0.29, 0.717) is 0 Å². The molecule has 21 heavy (non-hydrogen) atoms. The minimum Gasteiger partial charge on any atom is -0.461 e. The van der Waals surface area contributed by atoms with Crippen LogP contribution in [0.15, 0.2) is 36.4 Å². The summed E-state index contributed by atoms with van der Waals surface area (Å²) >= 11 is 0. The van der Waals surface area contributed by atoms with Crippen molar-refractivity contribution in [3.63, 3.8) is 0 Å². The molecule has 0 saturated heterocycles. The Morgan fingerprint density at radius 1 is 1.24 bits per heavy atom. The van der Waals surface area contributed by atoms with Crippen LogP contribution in [0.4, 0.5) is 0 Å². The number of benzene rings is 1. The van der Waals surface area contributed by atoms with Crippen LogP contribution in [0.1, 0.15) is 17.3 Å². The summed E-state index contributed by atoms with van der Waals surface area (Å²) in [4.78, 5) is 22.8. The van der Waals surface area contributed by atoms with E-state index in [1.807, 2.05) is 0 Å². The minimum absolute atomic E-state index is 0.153. The van der Waals surface area contributed by atoms with E-state index in [4.69, 9.17) is 9.29 Å². The van der Waals surface area contributed by atoms with Crippen molar-refractivity contribution >= 4 is 22.1 Å². The quantitative estimate of drug-likeness (QED) is 0.364. The van der Waals surface area contributed by atoms with E-state index in [1.165, 1.54) is 31.2 Å². The summed E-state index contributed by atoms with van der Waals surface area (Å²) < 4.78 is 39.0.